The number of halogens is 1. The number of benzene rings is 1. The van der Waals surface area contributed by atoms with Gasteiger partial charge in [-0.15, -0.1) is 11.3 Å². The Morgan fingerprint density at radius 1 is 0.962 bits per heavy atom. The molecular formula is C20H15FN4S. The highest BCUT2D eigenvalue weighted by molar-refractivity contribution is 7.14. The molecule has 1 N–H and O–H groups in total. The molecule has 3 aromatic heterocycles. The van der Waals surface area contributed by atoms with Crippen molar-refractivity contribution in [2.45, 2.75) is 6.92 Å². The maximum atomic E-state index is 13.9. The molecule has 1 aromatic carbocycles. The Morgan fingerprint density at radius 2 is 1.77 bits per heavy atom. The molecule has 26 heavy (non-hydrogen) atoms. The van der Waals surface area contributed by atoms with Crippen molar-refractivity contribution in [1.29, 1.82) is 0 Å². The SMILES string of the molecule is Cc1cccc(Nc2nc(-c3ccc(-c4ccncc4F)cc3)cs2)n1. The molecule has 128 valence electrons. The van der Waals surface area contributed by atoms with E-state index >= 15 is 0 Å². The lowest BCUT2D eigenvalue weighted by Gasteiger charge is -2.04. The van der Waals surface area contributed by atoms with Crippen molar-refractivity contribution in [2.75, 3.05) is 5.32 Å². The summed E-state index contributed by atoms with van der Waals surface area (Å²) >= 11 is 1.52. The summed E-state index contributed by atoms with van der Waals surface area (Å²) in [6, 6.07) is 15.2. The van der Waals surface area contributed by atoms with E-state index in [1.807, 2.05) is 54.8 Å². The number of aryl methyl sites for hydroxylation is 1. The van der Waals surface area contributed by atoms with Crippen LogP contribution in [0, 0.1) is 12.7 Å². The molecule has 0 saturated carbocycles. The lowest BCUT2D eigenvalue weighted by atomic mass is 10.0. The number of nitrogens with one attached hydrogen (secondary N) is 1. The quantitative estimate of drug-likeness (QED) is 0.524. The summed E-state index contributed by atoms with van der Waals surface area (Å²) in [5, 5.41) is 5.99. The third-order valence-corrected chi connectivity index (χ3v) is 4.65. The molecule has 4 rings (SSSR count). The summed E-state index contributed by atoms with van der Waals surface area (Å²) in [7, 11) is 0. The summed E-state index contributed by atoms with van der Waals surface area (Å²) < 4.78 is 13.9. The molecule has 0 spiro atoms. The van der Waals surface area contributed by atoms with Crippen LogP contribution in [0.1, 0.15) is 5.69 Å². The smallest absolute Gasteiger partial charge is 0.188 e. The number of anilines is 2. The summed E-state index contributed by atoms with van der Waals surface area (Å²) in [6.07, 6.45) is 2.81. The van der Waals surface area contributed by atoms with Crippen molar-refractivity contribution >= 4 is 22.3 Å². The molecule has 0 amide bonds. The highest BCUT2D eigenvalue weighted by atomic mass is 32.1. The topological polar surface area (TPSA) is 50.7 Å². The largest absolute Gasteiger partial charge is 0.316 e. The first-order chi connectivity index (χ1) is 12.7. The number of hydrogen-bond donors (Lipinski definition) is 1. The number of aromatic nitrogens is 3. The van der Waals surface area contributed by atoms with Crippen LogP contribution in [-0.4, -0.2) is 15.0 Å². The molecule has 0 saturated heterocycles. The van der Waals surface area contributed by atoms with Crippen molar-refractivity contribution in [3.05, 3.63) is 77.8 Å². The highest BCUT2D eigenvalue weighted by Gasteiger charge is 2.08. The second-order valence-corrected chi connectivity index (χ2v) is 6.62. The molecule has 0 bridgehead atoms. The van der Waals surface area contributed by atoms with Crippen LogP contribution >= 0.6 is 11.3 Å². The van der Waals surface area contributed by atoms with Crippen molar-refractivity contribution in [3.8, 4) is 22.4 Å². The monoisotopic (exact) mass is 362 g/mol. The molecule has 4 aromatic rings. The van der Waals surface area contributed by atoms with Gasteiger partial charge in [0.15, 0.2) is 5.13 Å². The van der Waals surface area contributed by atoms with E-state index in [0.29, 0.717) is 5.56 Å². The van der Waals surface area contributed by atoms with Gasteiger partial charge in [-0.3, -0.25) is 4.98 Å². The Hall–Kier alpha value is -3.12. The van der Waals surface area contributed by atoms with Crippen LogP contribution < -0.4 is 5.32 Å². The van der Waals surface area contributed by atoms with Crippen LogP contribution in [0.25, 0.3) is 22.4 Å². The molecule has 0 aliphatic carbocycles. The van der Waals surface area contributed by atoms with Crippen LogP contribution in [0.2, 0.25) is 0 Å². The van der Waals surface area contributed by atoms with E-state index in [-0.39, 0.29) is 5.82 Å². The molecule has 4 nitrogen and oxygen atoms in total. The fraction of sp³-hybridized carbons (Fsp3) is 0.0500. The van der Waals surface area contributed by atoms with Gasteiger partial charge in [0.25, 0.3) is 0 Å². The van der Waals surface area contributed by atoms with E-state index in [1.54, 1.807) is 12.3 Å². The zero-order valence-electron chi connectivity index (χ0n) is 14.0. The van der Waals surface area contributed by atoms with Crippen LogP contribution in [0.4, 0.5) is 15.3 Å². The fourth-order valence-electron chi connectivity index (χ4n) is 2.62. The van der Waals surface area contributed by atoms with Gasteiger partial charge in [0, 0.05) is 28.4 Å². The molecule has 6 heteroatoms. The normalized spacial score (nSPS) is 10.7. The van der Waals surface area contributed by atoms with E-state index in [9.17, 15) is 4.39 Å². The number of rotatable bonds is 4. The van der Waals surface area contributed by atoms with E-state index in [0.717, 1.165) is 33.5 Å². The van der Waals surface area contributed by atoms with Crippen molar-refractivity contribution in [2.24, 2.45) is 0 Å². The molecule has 0 atom stereocenters. The van der Waals surface area contributed by atoms with E-state index in [4.69, 9.17) is 0 Å². The van der Waals surface area contributed by atoms with Gasteiger partial charge < -0.3 is 5.32 Å². The maximum Gasteiger partial charge on any atom is 0.188 e. The molecule has 3 heterocycles. The van der Waals surface area contributed by atoms with Gasteiger partial charge in [-0.1, -0.05) is 30.3 Å². The van der Waals surface area contributed by atoms with Crippen LogP contribution in [0.5, 0.6) is 0 Å². The lowest BCUT2D eigenvalue weighted by Crippen LogP contribution is -1.93. The number of nitrogens with zero attached hydrogens (tertiary/aromatic N) is 3. The average molecular weight is 362 g/mol. The summed E-state index contributed by atoms with van der Waals surface area (Å²) in [5.41, 5.74) is 4.14. The summed E-state index contributed by atoms with van der Waals surface area (Å²) in [5.74, 6) is 0.445. The standard InChI is InChI=1S/C20H15FN4S/c1-13-3-2-4-19(23-13)25-20-24-18(12-26-20)15-7-5-14(6-8-15)16-9-10-22-11-17(16)21/h2-12H,1H3,(H,23,24,25). The van der Waals surface area contributed by atoms with Crippen LogP contribution in [0.3, 0.4) is 0 Å². The van der Waals surface area contributed by atoms with Gasteiger partial charge in [0.2, 0.25) is 0 Å². The molecule has 0 unspecified atom stereocenters. The minimum Gasteiger partial charge on any atom is -0.316 e. The Bertz CT molecular complexity index is 1040. The third kappa shape index (κ3) is 3.45. The predicted molar refractivity (Wildman–Crippen MR) is 103 cm³/mol. The average Bonchev–Trinajstić information content (AvgIpc) is 3.11. The Morgan fingerprint density at radius 3 is 2.54 bits per heavy atom. The fourth-order valence-corrected chi connectivity index (χ4v) is 3.34. The van der Waals surface area contributed by atoms with Gasteiger partial charge in [0.1, 0.15) is 11.6 Å². The Balaban J connectivity index is 1.55. The molecule has 0 aliphatic heterocycles. The molecule has 0 fully saturated rings. The zero-order valence-corrected chi connectivity index (χ0v) is 14.8. The second kappa shape index (κ2) is 7.01. The minimum absolute atomic E-state index is 0.328. The van der Waals surface area contributed by atoms with Crippen molar-refractivity contribution < 1.29 is 4.39 Å². The van der Waals surface area contributed by atoms with E-state index < -0.39 is 0 Å². The second-order valence-electron chi connectivity index (χ2n) is 5.76. The predicted octanol–water partition coefficient (Wildman–Crippen LogP) is 5.46. The highest BCUT2D eigenvalue weighted by Crippen LogP contribution is 2.29. The van der Waals surface area contributed by atoms with Gasteiger partial charge in [-0.05, 0) is 30.7 Å². The Labute approximate surface area is 154 Å². The first-order valence-corrected chi connectivity index (χ1v) is 8.93. The van der Waals surface area contributed by atoms with Gasteiger partial charge in [0.05, 0.1) is 11.9 Å². The number of pyridine rings is 2. The van der Waals surface area contributed by atoms with Crippen molar-refractivity contribution in [3.63, 3.8) is 0 Å². The number of hydrogen-bond acceptors (Lipinski definition) is 5. The molecule has 0 radical (unpaired) electrons. The van der Waals surface area contributed by atoms with Crippen LogP contribution in [-0.2, 0) is 0 Å². The third-order valence-electron chi connectivity index (χ3n) is 3.89. The minimum atomic E-state index is -0.328. The van der Waals surface area contributed by atoms with Gasteiger partial charge >= 0.3 is 0 Å². The lowest BCUT2D eigenvalue weighted by molar-refractivity contribution is 0.625. The van der Waals surface area contributed by atoms with Crippen LogP contribution in [0.15, 0.2) is 66.3 Å². The number of thiazole rings is 1. The van der Waals surface area contributed by atoms with Crippen molar-refractivity contribution in [1.82, 2.24) is 15.0 Å². The first kappa shape index (κ1) is 16.4. The summed E-state index contributed by atoms with van der Waals surface area (Å²) in [4.78, 5) is 12.8. The zero-order chi connectivity index (χ0) is 17.9. The van der Waals surface area contributed by atoms with Gasteiger partial charge in [-0.2, -0.15) is 0 Å². The van der Waals surface area contributed by atoms with E-state index in [1.165, 1.54) is 17.5 Å². The first-order valence-electron chi connectivity index (χ1n) is 8.05. The maximum absolute atomic E-state index is 13.9. The Kier molecular flexibility index (Phi) is 4.41. The van der Waals surface area contributed by atoms with E-state index in [2.05, 4.69) is 20.3 Å². The molecule has 0 aliphatic rings. The summed E-state index contributed by atoms with van der Waals surface area (Å²) in [6.45, 7) is 1.95. The van der Waals surface area contributed by atoms with Gasteiger partial charge in [-0.25, -0.2) is 14.4 Å². The molecular weight excluding hydrogens is 347 g/mol.